The Balaban J connectivity index is 1.71. The van der Waals surface area contributed by atoms with Gasteiger partial charge in [-0.25, -0.2) is 4.39 Å². The van der Waals surface area contributed by atoms with Crippen LogP contribution in [0.15, 0.2) is 84.0 Å². The van der Waals surface area contributed by atoms with Crippen LogP contribution in [0.5, 0.6) is 0 Å². The van der Waals surface area contributed by atoms with E-state index in [2.05, 4.69) is 34.8 Å². The molecule has 0 amide bonds. The largest absolute Gasteiger partial charge is 0.391 e. The maximum atomic E-state index is 13.5. The van der Waals surface area contributed by atoms with Crippen LogP contribution in [0.3, 0.4) is 0 Å². The van der Waals surface area contributed by atoms with E-state index in [1.165, 1.54) is 17.7 Å². The third kappa shape index (κ3) is 4.76. The summed E-state index contributed by atoms with van der Waals surface area (Å²) in [6.45, 7) is 6.41. The molecule has 1 aromatic heterocycles. The van der Waals surface area contributed by atoms with Gasteiger partial charge in [0.05, 0.1) is 11.4 Å². The monoisotopic (exact) mass is 446 g/mol. The van der Waals surface area contributed by atoms with Gasteiger partial charge in [0.1, 0.15) is 12.4 Å². The quantitative estimate of drug-likeness (QED) is 0.222. The van der Waals surface area contributed by atoms with E-state index in [0.29, 0.717) is 11.6 Å². The molecule has 0 radical (unpaired) electrons. The molecule has 4 rings (SSSR count). The van der Waals surface area contributed by atoms with Gasteiger partial charge in [-0.3, -0.25) is 0 Å². The molecule has 162 valence electrons. The Bertz CT molecular complexity index is 1260. The first-order valence-electron chi connectivity index (χ1n) is 10.4. The molecule has 0 spiro atoms. The highest BCUT2D eigenvalue weighted by atomic mass is 35.5. The number of hydrogen-bond acceptors (Lipinski definition) is 2. The maximum absolute atomic E-state index is 13.5. The van der Waals surface area contributed by atoms with Crippen molar-refractivity contribution in [3.05, 3.63) is 112 Å². The van der Waals surface area contributed by atoms with E-state index in [4.69, 9.17) is 16.4 Å². The Labute approximate surface area is 192 Å². The van der Waals surface area contributed by atoms with Crippen LogP contribution in [0.4, 0.5) is 4.39 Å². The number of aryl methyl sites for hydroxylation is 1. The third-order valence-corrected chi connectivity index (χ3v) is 5.63. The number of halogens is 2. The first kappa shape index (κ1) is 21.8. The Kier molecular flexibility index (Phi) is 6.42. The molecule has 0 fully saturated rings. The van der Waals surface area contributed by atoms with Crippen molar-refractivity contribution in [1.29, 1.82) is 0 Å². The van der Waals surface area contributed by atoms with Crippen LogP contribution in [0, 0.1) is 19.7 Å². The highest BCUT2D eigenvalue weighted by Gasteiger charge is 2.17. The molecule has 0 unspecified atom stereocenters. The van der Waals surface area contributed by atoms with Gasteiger partial charge in [-0.05, 0) is 80.4 Å². The lowest BCUT2D eigenvalue weighted by Gasteiger charge is -2.13. The van der Waals surface area contributed by atoms with Crippen LogP contribution >= 0.6 is 11.6 Å². The first-order chi connectivity index (χ1) is 15.4. The van der Waals surface area contributed by atoms with Gasteiger partial charge in [-0.2, -0.15) is 0 Å². The smallest absolute Gasteiger partial charge is 0.142 e. The van der Waals surface area contributed by atoms with Crippen LogP contribution in [0.25, 0.3) is 16.9 Å². The van der Waals surface area contributed by atoms with E-state index in [1.54, 1.807) is 12.1 Å². The standard InChI is InChI=1S/C27H24ClFN2O/c1-18-7-9-21(10-8-18)17-32-30-19(2)26-16-27(22-11-13-24(29)14-12-22)31(20(26)3)25-6-4-5-23(28)15-25/h4-16H,17H2,1-3H3. The predicted molar refractivity (Wildman–Crippen MR) is 129 cm³/mol. The fraction of sp³-hybridized carbons (Fsp3) is 0.148. The van der Waals surface area contributed by atoms with Gasteiger partial charge in [0.15, 0.2) is 0 Å². The van der Waals surface area contributed by atoms with Crippen molar-refractivity contribution in [2.24, 2.45) is 5.16 Å². The number of rotatable bonds is 6. The van der Waals surface area contributed by atoms with Gasteiger partial charge in [-0.1, -0.05) is 52.7 Å². The van der Waals surface area contributed by atoms with Gasteiger partial charge >= 0.3 is 0 Å². The van der Waals surface area contributed by atoms with E-state index in [-0.39, 0.29) is 5.82 Å². The molecule has 0 aliphatic carbocycles. The van der Waals surface area contributed by atoms with Crippen molar-refractivity contribution in [2.45, 2.75) is 27.4 Å². The number of nitrogens with zero attached hydrogens (tertiary/aromatic N) is 2. The van der Waals surface area contributed by atoms with E-state index in [0.717, 1.165) is 39.5 Å². The van der Waals surface area contributed by atoms with Crippen LogP contribution in [0.2, 0.25) is 5.02 Å². The summed E-state index contributed by atoms with van der Waals surface area (Å²) in [5.74, 6) is -0.270. The Morgan fingerprint density at radius 2 is 1.69 bits per heavy atom. The molecule has 0 atom stereocenters. The SMILES string of the molecule is CC(=NOCc1ccc(C)cc1)c1cc(-c2ccc(F)cc2)n(-c2cccc(Cl)c2)c1C. The summed E-state index contributed by atoms with van der Waals surface area (Å²) >= 11 is 6.27. The van der Waals surface area contributed by atoms with Crippen molar-refractivity contribution in [3.63, 3.8) is 0 Å². The van der Waals surface area contributed by atoms with Gasteiger partial charge < -0.3 is 9.40 Å². The molecule has 0 saturated heterocycles. The third-order valence-electron chi connectivity index (χ3n) is 5.40. The van der Waals surface area contributed by atoms with Crippen molar-refractivity contribution in [1.82, 2.24) is 4.57 Å². The van der Waals surface area contributed by atoms with Crippen LogP contribution in [0.1, 0.15) is 29.3 Å². The Morgan fingerprint density at radius 3 is 2.38 bits per heavy atom. The minimum Gasteiger partial charge on any atom is -0.391 e. The topological polar surface area (TPSA) is 26.5 Å². The highest BCUT2D eigenvalue weighted by molar-refractivity contribution is 6.30. The molecule has 3 aromatic carbocycles. The average molecular weight is 447 g/mol. The Hall–Kier alpha value is -3.37. The summed E-state index contributed by atoms with van der Waals surface area (Å²) in [5, 5.41) is 5.01. The van der Waals surface area contributed by atoms with Gasteiger partial charge in [-0.15, -0.1) is 0 Å². The fourth-order valence-corrected chi connectivity index (χ4v) is 3.88. The number of benzene rings is 3. The van der Waals surface area contributed by atoms with Crippen molar-refractivity contribution in [3.8, 4) is 16.9 Å². The van der Waals surface area contributed by atoms with E-state index in [9.17, 15) is 4.39 Å². The van der Waals surface area contributed by atoms with E-state index in [1.807, 2.05) is 50.2 Å². The molecule has 1 heterocycles. The summed E-state index contributed by atoms with van der Waals surface area (Å²) in [6, 6.07) is 24.4. The van der Waals surface area contributed by atoms with Crippen LogP contribution < -0.4 is 0 Å². The molecule has 0 bridgehead atoms. The zero-order valence-electron chi connectivity index (χ0n) is 18.3. The van der Waals surface area contributed by atoms with Gasteiger partial charge in [0, 0.05) is 22.0 Å². The van der Waals surface area contributed by atoms with E-state index >= 15 is 0 Å². The number of hydrogen-bond donors (Lipinski definition) is 0. The summed E-state index contributed by atoms with van der Waals surface area (Å²) in [7, 11) is 0. The molecule has 3 nitrogen and oxygen atoms in total. The van der Waals surface area contributed by atoms with Crippen molar-refractivity contribution in [2.75, 3.05) is 0 Å². The average Bonchev–Trinajstić information content (AvgIpc) is 3.13. The van der Waals surface area contributed by atoms with Crippen molar-refractivity contribution >= 4 is 17.3 Å². The minimum atomic E-state index is -0.270. The van der Waals surface area contributed by atoms with Crippen molar-refractivity contribution < 1.29 is 9.23 Å². The zero-order valence-corrected chi connectivity index (χ0v) is 19.0. The zero-order chi connectivity index (χ0) is 22.7. The lowest BCUT2D eigenvalue weighted by molar-refractivity contribution is 0.130. The lowest BCUT2D eigenvalue weighted by atomic mass is 10.1. The minimum absolute atomic E-state index is 0.270. The molecule has 4 aromatic rings. The number of aromatic nitrogens is 1. The second-order valence-electron chi connectivity index (χ2n) is 7.79. The molecule has 5 heteroatoms. The second-order valence-corrected chi connectivity index (χ2v) is 8.22. The summed E-state index contributed by atoms with van der Waals surface area (Å²) in [4.78, 5) is 5.63. The highest BCUT2D eigenvalue weighted by Crippen LogP contribution is 2.31. The Morgan fingerprint density at radius 1 is 0.969 bits per heavy atom. The van der Waals surface area contributed by atoms with Gasteiger partial charge in [0.25, 0.3) is 0 Å². The van der Waals surface area contributed by atoms with Crippen LogP contribution in [-0.4, -0.2) is 10.3 Å². The normalized spacial score (nSPS) is 11.6. The predicted octanol–water partition coefficient (Wildman–Crippen LogP) is 7.49. The first-order valence-corrected chi connectivity index (χ1v) is 10.8. The summed E-state index contributed by atoms with van der Waals surface area (Å²) in [6.07, 6.45) is 0. The molecular formula is C27H24ClFN2O. The molecule has 0 saturated carbocycles. The van der Waals surface area contributed by atoms with Crippen LogP contribution in [-0.2, 0) is 11.4 Å². The molecular weight excluding hydrogens is 423 g/mol. The lowest BCUT2D eigenvalue weighted by Crippen LogP contribution is -2.02. The summed E-state index contributed by atoms with van der Waals surface area (Å²) < 4.78 is 15.6. The molecule has 0 aliphatic heterocycles. The second kappa shape index (κ2) is 9.41. The van der Waals surface area contributed by atoms with Gasteiger partial charge in [0.2, 0.25) is 0 Å². The number of oxime groups is 1. The molecule has 0 aliphatic rings. The fourth-order valence-electron chi connectivity index (χ4n) is 3.69. The van der Waals surface area contributed by atoms with E-state index < -0.39 is 0 Å². The molecule has 0 N–H and O–H groups in total. The summed E-state index contributed by atoms with van der Waals surface area (Å²) in [5.41, 5.74) is 7.72. The molecule has 32 heavy (non-hydrogen) atoms. The maximum Gasteiger partial charge on any atom is 0.142 e.